The van der Waals surface area contributed by atoms with Crippen molar-refractivity contribution in [1.29, 1.82) is 0 Å². The third-order valence-electron chi connectivity index (χ3n) is 7.45. The van der Waals surface area contributed by atoms with E-state index in [9.17, 15) is 20.1 Å². The molecule has 1 aliphatic carbocycles. The molecule has 9 heteroatoms. The maximum atomic E-state index is 15.7. The van der Waals surface area contributed by atoms with Crippen molar-refractivity contribution in [2.75, 3.05) is 12.8 Å². The van der Waals surface area contributed by atoms with Crippen LogP contribution in [0.15, 0.2) is 0 Å². The van der Waals surface area contributed by atoms with Gasteiger partial charge in [0, 0.05) is 6.42 Å². The zero-order valence-electron chi connectivity index (χ0n) is 19.5. The number of ether oxygens (including phenoxy) is 1. The Balaban J connectivity index is 1.65. The van der Waals surface area contributed by atoms with E-state index in [0.29, 0.717) is 25.3 Å². The minimum Gasteiger partial charge on any atom is -0.388 e. The predicted octanol–water partition coefficient (Wildman–Crippen LogP) is 1.73. The summed E-state index contributed by atoms with van der Waals surface area (Å²) in [6.45, 7) is 4.24. The maximum absolute atomic E-state index is 15.7. The Labute approximate surface area is 195 Å². The van der Waals surface area contributed by atoms with Crippen molar-refractivity contribution in [2.45, 2.75) is 113 Å². The lowest BCUT2D eigenvalue weighted by atomic mass is 9.76. The number of hydrogen-bond donors (Lipinski definition) is 5. The molecule has 0 aromatic rings. The molecule has 0 radical (unpaired) electrons. The zero-order valence-corrected chi connectivity index (χ0v) is 20.3. The molecule has 5 N–H and O–H groups in total. The van der Waals surface area contributed by atoms with Gasteiger partial charge in [0.1, 0.15) is 35.5 Å². The standard InChI is InChI=1S/C23H41FN2O5S/c1-13(2)16(20-18(28)17(27)19(29)22(31-20)32-3)26-21(30)15-12-23(24,9-10-25-15)11-14-7-5-4-6-8-14/h13-20,22,25,27-29H,4-12H2,1-3H3,(H,26,30)/t15-,16+,17-,18+,19+,20+,22+,23?/m0/s1. The Morgan fingerprint density at radius 3 is 2.50 bits per heavy atom. The molecule has 0 bridgehead atoms. The van der Waals surface area contributed by atoms with Gasteiger partial charge in [-0.1, -0.05) is 46.0 Å². The van der Waals surface area contributed by atoms with Gasteiger partial charge in [0.15, 0.2) is 0 Å². The van der Waals surface area contributed by atoms with Crippen LogP contribution in [0.4, 0.5) is 4.39 Å². The molecule has 1 amide bonds. The fourth-order valence-corrected chi connectivity index (χ4v) is 6.23. The third-order valence-corrected chi connectivity index (χ3v) is 8.30. The summed E-state index contributed by atoms with van der Waals surface area (Å²) in [5.74, 6) is -0.0168. The Bertz CT molecular complexity index is 621. The van der Waals surface area contributed by atoms with Crippen LogP contribution in [0, 0.1) is 11.8 Å². The summed E-state index contributed by atoms with van der Waals surface area (Å²) < 4.78 is 21.6. The van der Waals surface area contributed by atoms with Gasteiger partial charge in [-0.05, 0) is 37.5 Å². The van der Waals surface area contributed by atoms with Crippen LogP contribution in [0.5, 0.6) is 0 Å². The zero-order chi connectivity index (χ0) is 23.5. The molecule has 2 heterocycles. The van der Waals surface area contributed by atoms with E-state index in [-0.39, 0.29) is 18.2 Å². The summed E-state index contributed by atoms with van der Waals surface area (Å²) in [7, 11) is 0. The van der Waals surface area contributed by atoms with Crippen LogP contribution in [0.25, 0.3) is 0 Å². The molecule has 186 valence electrons. The predicted molar refractivity (Wildman–Crippen MR) is 123 cm³/mol. The number of aliphatic hydroxyl groups is 3. The van der Waals surface area contributed by atoms with Gasteiger partial charge in [0.05, 0.1) is 12.1 Å². The van der Waals surface area contributed by atoms with E-state index in [1.807, 2.05) is 13.8 Å². The number of amides is 1. The highest BCUT2D eigenvalue weighted by Gasteiger charge is 2.48. The molecule has 1 saturated carbocycles. The largest absolute Gasteiger partial charge is 0.388 e. The highest BCUT2D eigenvalue weighted by molar-refractivity contribution is 7.99. The van der Waals surface area contributed by atoms with Crippen LogP contribution in [-0.2, 0) is 9.53 Å². The summed E-state index contributed by atoms with van der Waals surface area (Å²) in [6, 6.07) is -1.24. The SMILES string of the molecule is CS[C@H]1O[C@H]([C@H](NC(=O)[C@@H]2CC(F)(CC3CCCCC3)CCN2)C(C)C)[C@H](O)[C@H](O)[C@H]1O. The molecule has 32 heavy (non-hydrogen) atoms. The lowest BCUT2D eigenvalue weighted by Gasteiger charge is -2.45. The normalized spacial score (nSPS) is 40.2. The molecule has 0 aromatic carbocycles. The number of carbonyl (C=O) groups is 1. The first kappa shape index (κ1) is 26.2. The van der Waals surface area contributed by atoms with Crippen molar-refractivity contribution in [3.05, 3.63) is 0 Å². The molecule has 3 fully saturated rings. The van der Waals surface area contributed by atoms with Gasteiger partial charge in [-0.15, -0.1) is 11.8 Å². The third kappa shape index (κ3) is 6.16. The quantitative estimate of drug-likeness (QED) is 0.381. The minimum atomic E-state index is -1.37. The number of aliphatic hydroxyl groups excluding tert-OH is 3. The summed E-state index contributed by atoms with van der Waals surface area (Å²) >= 11 is 1.24. The molecule has 8 atom stereocenters. The number of carbonyl (C=O) groups excluding carboxylic acids is 1. The maximum Gasteiger partial charge on any atom is 0.237 e. The van der Waals surface area contributed by atoms with Crippen molar-refractivity contribution >= 4 is 17.7 Å². The van der Waals surface area contributed by atoms with E-state index in [4.69, 9.17) is 4.74 Å². The highest BCUT2D eigenvalue weighted by Crippen LogP contribution is 2.38. The lowest BCUT2D eigenvalue weighted by molar-refractivity contribution is -0.208. The molecule has 3 aliphatic rings. The lowest BCUT2D eigenvalue weighted by Crippen LogP contribution is -2.65. The summed E-state index contributed by atoms with van der Waals surface area (Å²) in [5, 5.41) is 37.1. The van der Waals surface area contributed by atoms with Crippen molar-refractivity contribution < 1.29 is 29.2 Å². The van der Waals surface area contributed by atoms with Gasteiger partial charge in [-0.25, -0.2) is 4.39 Å². The molecule has 1 unspecified atom stereocenters. The second-order valence-corrected chi connectivity index (χ2v) is 11.2. The van der Waals surface area contributed by atoms with E-state index in [1.54, 1.807) is 6.26 Å². The van der Waals surface area contributed by atoms with Crippen LogP contribution < -0.4 is 10.6 Å². The van der Waals surface area contributed by atoms with E-state index >= 15 is 4.39 Å². The number of nitrogens with one attached hydrogen (secondary N) is 2. The van der Waals surface area contributed by atoms with Crippen molar-refractivity contribution in [3.63, 3.8) is 0 Å². The van der Waals surface area contributed by atoms with E-state index < -0.39 is 47.6 Å². The molecule has 3 rings (SSSR count). The van der Waals surface area contributed by atoms with Gasteiger partial charge in [-0.3, -0.25) is 4.79 Å². The average Bonchev–Trinajstić information content (AvgIpc) is 2.76. The highest BCUT2D eigenvalue weighted by atomic mass is 32.2. The molecular weight excluding hydrogens is 435 g/mol. The molecule has 7 nitrogen and oxygen atoms in total. The Morgan fingerprint density at radius 1 is 1.19 bits per heavy atom. The second kappa shape index (κ2) is 11.3. The minimum absolute atomic E-state index is 0.107. The van der Waals surface area contributed by atoms with Crippen molar-refractivity contribution in [1.82, 2.24) is 10.6 Å². The van der Waals surface area contributed by atoms with Gasteiger partial charge >= 0.3 is 0 Å². The Kier molecular flexibility index (Phi) is 9.25. The van der Waals surface area contributed by atoms with E-state index in [1.165, 1.54) is 31.0 Å². The van der Waals surface area contributed by atoms with Crippen LogP contribution in [0.2, 0.25) is 0 Å². The van der Waals surface area contributed by atoms with Crippen molar-refractivity contribution in [2.24, 2.45) is 11.8 Å². The number of halogens is 1. The Hall–Kier alpha value is -0.450. The number of thioether (sulfide) groups is 1. The molecule has 2 aliphatic heterocycles. The number of hydrogen-bond acceptors (Lipinski definition) is 7. The van der Waals surface area contributed by atoms with Crippen LogP contribution in [0.3, 0.4) is 0 Å². The summed E-state index contributed by atoms with van der Waals surface area (Å²) in [6.07, 6.45) is 3.75. The van der Waals surface area contributed by atoms with E-state index in [2.05, 4.69) is 10.6 Å². The number of piperidine rings is 1. The van der Waals surface area contributed by atoms with Crippen LogP contribution >= 0.6 is 11.8 Å². The first-order valence-electron chi connectivity index (χ1n) is 12.1. The summed E-state index contributed by atoms with van der Waals surface area (Å²) in [5.41, 5.74) is -2.05. The molecule has 0 aromatic heterocycles. The average molecular weight is 477 g/mol. The fourth-order valence-electron chi connectivity index (χ4n) is 5.55. The summed E-state index contributed by atoms with van der Waals surface area (Å²) in [4.78, 5) is 13.1. The first-order valence-corrected chi connectivity index (χ1v) is 13.4. The van der Waals surface area contributed by atoms with Crippen LogP contribution in [0.1, 0.15) is 65.2 Å². The topological polar surface area (TPSA) is 111 Å². The van der Waals surface area contributed by atoms with E-state index in [0.717, 1.165) is 12.8 Å². The molecule has 2 saturated heterocycles. The van der Waals surface area contributed by atoms with Crippen LogP contribution in [-0.4, -0.2) is 81.6 Å². The molecule has 0 spiro atoms. The Morgan fingerprint density at radius 2 is 1.88 bits per heavy atom. The van der Waals surface area contributed by atoms with Gasteiger partial charge in [0.25, 0.3) is 0 Å². The van der Waals surface area contributed by atoms with Gasteiger partial charge < -0.3 is 30.7 Å². The monoisotopic (exact) mass is 476 g/mol. The van der Waals surface area contributed by atoms with Crippen molar-refractivity contribution in [3.8, 4) is 0 Å². The second-order valence-electron chi connectivity index (χ2n) is 10.3. The van der Waals surface area contributed by atoms with Gasteiger partial charge in [0.2, 0.25) is 5.91 Å². The fraction of sp³-hybridized carbons (Fsp3) is 0.957. The smallest absolute Gasteiger partial charge is 0.237 e. The number of alkyl halides is 1. The van der Waals surface area contributed by atoms with Gasteiger partial charge in [-0.2, -0.15) is 0 Å². The first-order chi connectivity index (χ1) is 15.1. The molecular formula is C23H41FN2O5S. The number of rotatable bonds is 7.